The van der Waals surface area contributed by atoms with E-state index in [1.54, 1.807) is 11.8 Å². The number of thioether (sulfide) groups is 2. The largest absolute Gasteiger partial charge is 0.298 e. The maximum absolute atomic E-state index is 12.0. The molecule has 0 aromatic heterocycles. The third-order valence-corrected chi connectivity index (χ3v) is 5.67. The molecule has 4 heteroatoms. The van der Waals surface area contributed by atoms with Gasteiger partial charge in [0.15, 0.2) is 5.78 Å². The van der Waals surface area contributed by atoms with Gasteiger partial charge in [0.05, 0.1) is 5.25 Å². The lowest BCUT2D eigenvalue weighted by molar-refractivity contribution is -0.117. The second kappa shape index (κ2) is 5.99. The maximum Gasteiger partial charge on any atom is 0.151 e. The third-order valence-electron chi connectivity index (χ3n) is 2.50. The highest BCUT2D eigenvalue weighted by atomic mass is 35.5. The number of ketones is 1. The highest BCUT2D eigenvalue weighted by Gasteiger charge is 2.22. The molecule has 1 heterocycles. The highest BCUT2D eigenvalue weighted by Crippen LogP contribution is 2.26. The van der Waals surface area contributed by atoms with Crippen LogP contribution in [0.15, 0.2) is 24.3 Å². The summed E-state index contributed by atoms with van der Waals surface area (Å²) < 4.78 is 0. The number of carbonyl (C=O) groups is 1. The molecule has 1 fully saturated rings. The van der Waals surface area contributed by atoms with Gasteiger partial charge < -0.3 is 0 Å². The first-order valence-electron chi connectivity index (χ1n) is 5.23. The van der Waals surface area contributed by atoms with Crippen molar-refractivity contribution in [3.05, 3.63) is 34.9 Å². The van der Waals surface area contributed by atoms with E-state index >= 15 is 0 Å². The lowest BCUT2D eigenvalue weighted by Crippen LogP contribution is -2.25. The second-order valence-corrected chi connectivity index (χ2v) is 6.54. The van der Waals surface area contributed by atoms with Crippen LogP contribution >= 0.6 is 35.1 Å². The summed E-state index contributed by atoms with van der Waals surface area (Å²) in [6.45, 7) is 0. The van der Waals surface area contributed by atoms with Gasteiger partial charge in [-0.25, -0.2) is 0 Å². The molecule has 1 atom stereocenters. The minimum atomic E-state index is 0.162. The Bertz CT molecular complexity index is 375. The van der Waals surface area contributed by atoms with Gasteiger partial charge in [-0.05, 0) is 11.6 Å². The molecule has 86 valence electrons. The van der Waals surface area contributed by atoms with Crippen LogP contribution in [0.1, 0.15) is 5.56 Å². The van der Waals surface area contributed by atoms with E-state index in [1.165, 1.54) is 5.75 Å². The second-order valence-electron chi connectivity index (χ2n) is 3.67. The number of hydrogen-bond donors (Lipinski definition) is 0. The van der Waals surface area contributed by atoms with Gasteiger partial charge in [0.2, 0.25) is 0 Å². The van der Waals surface area contributed by atoms with E-state index in [4.69, 9.17) is 11.6 Å². The van der Waals surface area contributed by atoms with Crippen LogP contribution in [0.2, 0.25) is 5.02 Å². The summed E-state index contributed by atoms with van der Waals surface area (Å²) in [5.74, 6) is 3.52. The molecule has 1 saturated heterocycles. The topological polar surface area (TPSA) is 17.1 Å². The maximum atomic E-state index is 12.0. The molecule has 0 spiro atoms. The number of carbonyl (C=O) groups excluding carboxylic acids is 1. The summed E-state index contributed by atoms with van der Waals surface area (Å²) in [5.41, 5.74) is 0.949. The smallest absolute Gasteiger partial charge is 0.151 e. The van der Waals surface area contributed by atoms with Gasteiger partial charge in [0.1, 0.15) is 0 Å². The summed E-state index contributed by atoms with van der Waals surface area (Å²) in [7, 11) is 0. The Balaban J connectivity index is 1.99. The predicted octanol–water partition coefficient (Wildman–Crippen LogP) is 3.30. The van der Waals surface area contributed by atoms with Crippen LogP contribution in [-0.4, -0.2) is 28.3 Å². The number of hydrogen-bond acceptors (Lipinski definition) is 3. The summed E-state index contributed by atoms with van der Waals surface area (Å²) >= 11 is 9.70. The molecule has 2 rings (SSSR count). The van der Waals surface area contributed by atoms with E-state index in [9.17, 15) is 4.79 Å². The van der Waals surface area contributed by atoms with Crippen molar-refractivity contribution < 1.29 is 4.79 Å². The fourth-order valence-corrected chi connectivity index (χ4v) is 4.47. The van der Waals surface area contributed by atoms with Crippen LogP contribution in [0, 0.1) is 0 Å². The van der Waals surface area contributed by atoms with Crippen molar-refractivity contribution >= 4 is 40.9 Å². The van der Waals surface area contributed by atoms with Crippen molar-refractivity contribution in [1.29, 1.82) is 0 Å². The van der Waals surface area contributed by atoms with Crippen LogP contribution in [0.5, 0.6) is 0 Å². The van der Waals surface area contributed by atoms with Gasteiger partial charge in [0, 0.05) is 28.7 Å². The van der Waals surface area contributed by atoms with E-state index < -0.39 is 0 Å². The minimum absolute atomic E-state index is 0.162. The molecule has 0 aliphatic carbocycles. The van der Waals surface area contributed by atoms with E-state index in [1.807, 2.05) is 36.0 Å². The molecular formula is C12H13ClOS2. The van der Waals surface area contributed by atoms with E-state index in [0.29, 0.717) is 17.2 Å². The van der Waals surface area contributed by atoms with Crippen molar-refractivity contribution in [2.24, 2.45) is 0 Å². The number of halogens is 1. The first-order chi connectivity index (χ1) is 7.77. The zero-order valence-corrected chi connectivity index (χ0v) is 11.2. The molecule has 1 unspecified atom stereocenters. The van der Waals surface area contributed by atoms with Crippen molar-refractivity contribution in [2.45, 2.75) is 11.7 Å². The number of Topliss-reactive ketones (excluding diaryl/α,β-unsaturated/α-hetero) is 1. The van der Waals surface area contributed by atoms with Crippen molar-refractivity contribution in [1.82, 2.24) is 0 Å². The van der Waals surface area contributed by atoms with E-state index in [-0.39, 0.29) is 5.25 Å². The first-order valence-corrected chi connectivity index (χ1v) is 7.81. The number of benzene rings is 1. The standard InChI is InChI=1S/C12H13ClOS2/c13-10-4-2-1-3-9(10)7-11(14)12-8-15-5-6-16-12/h1-4,12H,5-8H2. The van der Waals surface area contributed by atoms with Gasteiger partial charge >= 0.3 is 0 Å². The Morgan fingerprint density at radius 1 is 1.38 bits per heavy atom. The van der Waals surface area contributed by atoms with Gasteiger partial charge in [0.25, 0.3) is 0 Å². The van der Waals surface area contributed by atoms with Crippen molar-refractivity contribution in [3.63, 3.8) is 0 Å². The average molecular weight is 273 g/mol. The van der Waals surface area contributed by atoms with Crippen LogP contribution in [0.25, 0.3) is 0 Å². The first kappa shape index (κ1) is 12.3. The fraction of sp³-hybridized carbons (Fsp3) is 0.417. The lowest BCUT2D eigenvalue weighted by atomic mass is 10.1. The molecule has 16 heavy (non-hydrogen) atoms. The predicted molar refractivity (Wildman–Crippen MR) is 73.7 cm³/mol. The Morgan fingerprint density at radius 3 is 2.88 bits per heavy atom. The van der Waals surface area contributed by atoms with Gasteiger partial charge in [-0.1, -0.05) is 29.8 Å². The zero-order valence-electron chi connectivity index (χ0n) is 8.82. The van der Waals surface area contributed by atoms with Crippen molar-refractivity contribution in [2.75, 3.05) is 17.3 Å². The van der Waals surface area contributed by atoms with Crippen LogP contribution < -0.4 is 0 Å². The van der Waals surface area contributed by atoms with Crippen LogP contribution in [-0.2, 0) is 11.2 Å². The molecule has 0 N–H and O–H groups in total. The molecule has 1 aromatic rings. The lowest BCUT2D eigenvalue weighted by Gasteiger charge is -2.19. The van der Waals surface area contributed by atoms with Gasteiger partial charge in [-0.15, -0.1) is 11.8 Å². The quantitative estimate of drug-likeness (QED) is 0.840. The van der Waals surface area contributed by atoms with Gasteiger partial charge in [-0.2, -0.15) is 11.8 Å². The summed E-state index contributed by atoms with van der Waals surface area (Å²) in [6, 6.07) is 7.59. The van der Waals surface area contributed by atoms with Crippen molar-refractivity contribution in [3.8, 4) is 0 Å². The van der Waals surface area contributed by atoms with Gasteiger partial charge in [-0.3, -0.25) is 4.79 Å². The Kier molecular flexibility index (Phi) is 4.62. The SMILES string of the molecule is O=C(Cc1ccccc1Cl)C1CSCCS1. The molecule has 0 radical (unpaired) electrons. The monoisotopic (exact) mass is 272 g/mol. The highest BCUT2D eigenvalue weighted by molar-refractivity contribution is 8.07. The summed E-state index contributed by atoms with van der Waals surface area (Å²) in [5, 5.41) is 0.860. The fourth-order valence-electron chi connectivity index (χ4n) is 1.62. The van der Waals surface area contributed by atoms with Crippen LogP contribution in [0.4, 0.5) is 0 Å². The molecule has 1 aromatic carbocycles. The normalized spacial score (nSPS) is 20.7. The molecule has 0 saturated carbocycles. The Labute approximate surface area is 109 Å². The molecule has 1 aliphatic heterocycles. The zero-order chi connectivity index (χ0) is 11.4. The Morgan fingerprint density at radius 2 is 2.19 bits per heavy atom. The molecule has 0 bridgehead atoms. The summed E-state index contributed by atoms with van der Waals surface area (Å²) in [4.78, 5) is 12.0. The molecule has 1 nitrogen and oxygen atoms in total. The Hall–Kier alpha value is -0.120. The third kappa shape index (κ3) is 3.19. The van der Waals surface area contributed by atoms with E-state index in [0.717, 1.165) is 17.1 Å². The summed E-state index contributed by atoms with van der Waals surface area (Å²) in [6.07, 6.45) is 0.470. The minimum Gasteiger partial charge on any atom is -0.298 e. The van der Waals surface area contributed by atoms with E-state index in [2.05, 4.69) is 0 Å². The molecule has 0 amide bonds. The number of rotatable bonds is 3. The average Bonchev–Trinajstić information content (AvgIpc) is 2.33. The molecular weight excluding hydrogens is 260 g/mol. The molecule has 1 aliphatic rings. The van der Waals surface area contributed by atoms with Crippen LogP contribution in [0.3, 0.4) is 0 Å².